The Morgan fingerprint density at radius 2 is 1.79 bits per heavy atom. The minimum atomic E-state index is -0.487. The topological polar surface area (TPSA) is 49.3 Å². The molecule has 4 fully saturated rings. The van der Waals surface area contributed by atoms with Gasteiger partial charge in [0, 0.05) is 6.42 Å². The minimum absolute atomic E-state index is 0.0374. The van der Waals surface area contributed by atoms with Crippen LogP contribution in [0.5, 0.6) is 0 Å². The fraction of sp³-hybridized carbons (Fsp3) is 0.667. The highest BCUT2D eigenvalue weighted by Crippen LogP contribution is 2.62. The number of hydrogen-bond acceptors (Lipinski definition) is 2. The Bertz CT molecular complexity index is 622. The van der Waals surface area contributed by atoms with E-state index in [0.717, 1.165) is 37.7 Å². The monoisotopic (exact) mass is 327 g/mol. The molecule has 4 aliphatic rings. The van der Waals surface area contributed by atoms with Crippen molar-refractivity contribution in [3.8, 4) is 0 Å². The molecular formula is C21H29NO2. The first-order valence-corrected chi connectivity index (χ1v) is 9.37. The largest absolute Gasteiger partial charge is 0.390 e. The van der Waals surface area contributed by atoms with Gasteiger partial charge < -0.3 is 10.4 Å². The molecule has 4 saturated carbocycles. The molecule has 0 spiro atoms. The summed E-state index contributed by atoms with van der Waals surface area (Å²) in [5.74, 6) is 1.40. The van der Waals surface area contributed by atoms with E-state index in [1.165, 1.54) is 6.42 Å². The van der Waals surface area contributed by atoms with Crippen molar-refractivity contribution in [2.24, 2.45) is 17.3 Å². The van der Waals surface area contributed by atoms with Crippen molar-refractivity contribution in [1.82, 2.24) is 5.32 Å². The molecule has 0 aromatic heterocycles. The lowest BCUT2D eigenvalue weighted by Crippen LogP contribution is -2.57. The van der Waals surface area contributed by atoms with Crippen molar-refractivity contribution in [2.75, 3.05) is 0 Å². The van der Waals surface area contributed by atoms with E-state index in [1.54, 1.807) is 0 Å². The van der Waals surface area contributed by atoms with E-state index in [9.17, 15) is 9.90 Å². The summed E-state index contributed by atoms with van der Waals surface area (Å²) in [6.45, 7) is 4.13. The molecule has 130 valence electrons. The predicted molar refractivity (Wildman–Crippen MR) is 94.3 cm³/mol. The molecule has 0 radical (unpaired) electrons. The van der Waals surface area contributed by atoms with Gasteiger partial charge in [-0.3, -0.25) is 4.79 Å². The van der Waals surface area contributed by atoms with E-state index in [2.05, 4.69) is 31.3 Å². The molecule has 4 aliphatic carbocycles. The van der Waals surface area contributed by atoms with Gasteiger partial charge in [-0.1, -0.05) is 30.3 Å². The molecule has 2 N–H and O–H groups in total. The van der Waals surface area contributed by atoms with Crippen LogP contribution in [0.4, 0.5) is 0 Å². The van der Waals surface area contributed by atoms with E-state index in [4.69, 9.17) is 0 Å². The van der Waals surface area contributed by atoms with Crippen LogP contribution >= 0.6 is 0 Å². The van der Waals surface area contributed by atoms with E-state index in [-0.39, 0.29) is 16.9 Å². The van der Waals surface area contributed by atoms with Gasteiger partial charge in [0.2, 0.25) is 5.91 Å². The quantitative estimate of drug-likeness (QED) is 0.884. The molecule has 2 unspecified atom stereocenters. The highest BCUT2D eigenvalue weighted by atomic mass is 16.3. The fourth-order valence-electron chi connectivity index (χ4n) is 6.27. The first-order chi connectivity index (χ1) is 11.3. The van der Waals surface area contributed by atoms with Gasteiger partial charge in [0.15, 0.2) is 0 Å². The highest BCUT2D eigenvalue weighted by Gasteiger charge is 2.57. The zero-order valence-electron chi connectivity index (χ0n) is 14.8. The predicted octanol–water partition coefficient (Wildman–Crippen LogP) is 3.76. The van der Waals surface area contributed by atoms with E-state index >= 15 is 0 Å². The third kappa shape index (κ3) is 2.88. The molecule has 3 nitrogen and oxygen atoms in total. The van der Waals surface area contributed by atoms with Gasteiger partial charge in [0.25, 0.3) is 0 Å². The first-order valence-electron chi connectivity index (χ1n) is 9.37. The van der Waals surface area contributed by atoms with E-state index in [1.807, 2.05) is 18.2 Å². The van der Waals surface area contributed by atoms with Gasteiger partial charge in [0.05, 0.1) is 11.1 Å². The lowest BCUT2D eigenvalue weighted by Gasteiger charge is -2.60. The first kappa shape index (κ1) is 16.1. The van der Waals surface area contributed by atoms with Crippen LogP contribution in [0, 0.1) is 17.3 Å². The number of hydrogen-bond donors (Lipinski definition) is 2. The SMILES string of the molecule is CC(C)(NC(=O)CC12CC3CC(CC(O)(C3)C1)C2)c1ccccc1. The zero-order chi connectivity index (χ0) is 17.0. The van der Waals surface area contributed by atoms with Gasteiger partial charge in [-0.15, -0.1) is 0 Å². The lowest BCUT2D eigenvalue weighted by molar-refractivity contribution is -0.169. The Labute approximate surface area is 144 Å². The van der Waals surface area contributed by atoms with Crippen LogP contribution in [0.1, 0.15) is 64.4 Å². The Balaban J connectivity index is 1.47. The second-order valence-corrected chi connectivity index (χ2v) is 9.40. The normalized spacial score (nSPS) is 37.5. The summed E-state index contributed by atoms with van der Waals surface area (Å²) in [5, 5.41) is 14.1. The molecule has 1 aromatic rings. The van der Waals surface area contributed by atoms with Gasteiger partial charge in [-0.05, 0) is 75.2 Å². The standard InChI is InChI=1S/C21H29NO2/c1-19(2,17-6-4-3-5-7-17)22-18(23)13-20-9-15-8-16(10-20)12-21(24,11-15)14-20/h3-7,15-16,24H,8-14H2,1-2H3,(H,22,23). The summed E-state index contributed by atoms with van der Waals surface area (Å²) < 4.78 is 0. The zero-order valence-corrected chi connectivity index (χ0v) is 14.8. The number of rotatable bonds is 4. The Morgan fingerprint density at radius 3 is 2.38 bits per heavy atom. The summed E-state index contributed by atoms with van der Waals surface area (Å²) in [6, 6.07) is 10.1. The average molecular weight is 327 g/mol. The number of nitrogens with one attached hydrogen (secondary N) is 1. The molecule has 3 heteroatoms. The van der Waals surface area contributed by atoms with Crippen molar-refractivity contribution >= 4 is 5.91 Å². The Morgan fingerprint density at radius 1 is 1.17 bits per heavy atom. The molecule has 2 atom stereocenters. The molecule has 1 aromatic carbocycles. The second kappa shape index (κ2) is 5.32. The third-order valence-electron chi connectivity index (χ3n) is 6.63. The van der Waals surface area contributed by atoms with Crippen molar-refractivity contribution < 1.29 is 9.90 Å². The molecule has 4 bridgehead atoms. The second-order valence-electron chi connectivity index (χ2n) is 9.40. The number of benzene rings is 1. The Kier molecular flexibility index (Phi) is 3.58. The maximum absolute atomic E-state index is 12.8. The van der Waals surface area contributed by atoms with Crippen LogP contribution in [-0.4, -0.2) is 16.6 Å². The average Bonchev–Trinajstić information content (AvgIpc) is 2.44. The molecule has 1 amide bonds. The number of carbonyl (C=O) groups is 1. The van der Waals surface area contributed by atoms with Crippen LogP contribution in [0.3, 0.4) is 0 Å². The maximum Gasteiger partial charge on any atom is 0.221 e. The van der Waals surface area contributed by atoms with Crippen LogP contribution in [0.2, 0.25) is 0 Å². The molecule has 0 saturated heterocycles. The molecule has 0 heterocycles. The van der Waals surface area contributed by atoms with Crippen molar-refractivity contribution in [3.05, 3.63) is 35.9 Å². The molecule has 24 heavy (non-hydrogen) atoms. The highest BCUT2D eigenvalue weighted by molar-refractivity contribution is 5.77. The van der Waals surface area contributed by atoms with Gasteiger partial charge >= 0.3 is 0 Å². The lowest BCUT2D eigenvalue weighted by atomic mass is 9.47. The summed E-state index contributed by atoms with van der Waals surface area (Å²) in [4.78, 5) is 12.8. The Hall–Kier alpha value is -1.35. The smallest absolute Gasteiger partial charge is 0.221 e. The van der Waals surface area contributed by atoms with Gasteiger partial charge in [-0.25, -0.2) is 0 Å². The summed E-state index contributed by atoms with van der Waals surface area (Å²) in [5.41, 5.74) is 0.314. The minimum Gasteiger partial charge on any atom is -0.390 e. The van der Waals surface area contributed by atoms with E-state index in [0.29, 0.717) is 18.3 Å². The fourth-order valence-corrected chi connectivity index (χ4v) is 6.27. The van der Waals surface area contributed by atoms with Crippen LogP contribution in [0.15, 0.2) is 30.3 Å². The molecule has 0 aliphatic heterocycles. The van der Waals surface area contributed by atoms with Crippen LogP contribution in [-0.2, 0) is 10.3 Å². The summed E-state index contributed by atoms with van der Waals surface area (Å²) in [7, 11) is 0. The number of amides is 1. The summed E-state index contributed by atoms with van der Waals surface area (Å²) >= 11 is 0. The maximum atomic E-state index is 12.8. The number of aliphatic hydroxyl groups is 1. The third-order valence-corrected chi connectivity index (χ3v) is 6.63. The van der Waals surface area contributed by atoms with Gasteiger partial charge in [0.1, 0.15) is 0 Å². The van der Waals surface area contributed by atoms with Crippen LogP contribution < -0.4 is 5.32 Å². The number of carbonyl (C=O) groups excluding carboxylic acids is 1. The van der Waals surface area contributed by atoms with Gasteiger partial charge in [-0.2, -0.15) is 0 Å². The molecule has 5 rings (SSSR count). The van der Waals surface area contributed by atoms with Crippen molar-refractivity contribution in [1.29, 1.82) is 0 Å². The van der Waals surface area contributed by atoms with E-state index < -0.39 is 5.60 Å². The van der Waals surface area contributed by atoms with Crippen molar-refractivity contribution in [3.63, 3.8) is 0 Å². The van der Waals surface area contributed by atoms with Crippen molar-refractivity contribution in [2.45, 2.75) is 69.9 Å². The van der Waals surface area contributed by atoms with Crippen LogP contribution in [0.25, 0.3) is 0 Å². The summed E-state index contributed by atoms with van der Waals surface area (Å²) in [6.07, 6.45) is 6.84. The molecular weight excluding hydrogens is 298 g/mol.